The smallest absolute Gasteiger partial charge is 0.378 e. The number of rotatable bonds is 5. The molecule has 0 atom stereocenters. The van der Waals surface area contributed by atoms with E-state index in [0.29, 0.717) is 24.5 Å². The molecule has 0 amide bonds. The number of carbonyl (C=O) groups is 1. The van der Waals surface area contributed by atoms with E-state index >= 15 is 0 Å². The molecule has 2 heterocycles. The van der Waals surface area contributed by atoms with Crippen molar-refractivity contribution in [2.75, 3.05) is 31.2 Å². The van der Waals surface area contributed by atoms with Gasteiger partial charge < -0.3 is 14.2 Å². The van der Waals surface area contributed by atoms with Crippen molar-refractivity contribution in [1.82, 2.24) is 4.57 Å². The Morgan fingerprint density at radius 1 is 1.20 bits per heavy atom. The summed E-state index contributed by atoms with van der Waals surface area (Å²) in [5.41, 5.74) is 2.19. The van der Waals surface area contributed by atoms with Crippen LogP contribution < -0.4 is 4.90 Å². The lowest BCUT2D eigenvalue weighted by Crippen LogP contribution is -2.36. The number of aromatic nitrogens is 1. The molecule has 158 valence electrons. The summed E-state index contributed by atoms with van der Waals surface area (Å²) in [6.45, 7) is 4.72. The highest BCUT2D eigenvalue weighted by Crippen LogP contribution is 2.25. The molecule has 1 aliphatic rings. The predicted molar refractivity (Wildman–Crippen MR) is 107 cm³/mol. The van der Waals surface area contributed by atoms with Gasteiger partial charge >= 0.3 is 6.18 Å². The number of morpholine rings is 1. The van der Waals surface area contributed by atoms with Gasteiger partial charge in [0.15, 0.2) is 0 Å². The zero-order valence-electron chi connectivity index (χ0n) is 16.8. The van der Waals surface area contributed by atoms with Crippen LogP contribution in [0.25, 0.3) is 6.08 Å². The molecule has 0 saturated carbocycles. The summed E-state index contributed by atoms with van der Waals surface area (Å²) in [4.78, 5) is 15.0. The fourth-order valence-corrected chi connectivity index (χ4v) is 3.52. The fraction of sp³-hybridized carbons (Fsp3) is 0.364. The van der Waals surface area contributed by atoms with Crippen LogP contribution in [-0.4, -0.2) is 42.8 Å². The standard InChI is InChI=1S/C22H22F3N3O2/c1-15-11-20(16(2)28(15)14-22(23,24)25)21(29)18(13-26)12-17-3-5-19(6-4-17)27-7-9-30-10-8-27/h3-6,11-12H,7-10,14H2,1-2H3/b18-12+. The molecule has 0 spiro atoms. The Labute approximate surface area is 173 Å². The van der Waals surface area contributed by atoms with Crippen LogP contribution in [0.2, 0.25) is 0 Å². The maximum absolute atomic E-state index is 12.8. The van der Waals surface area contributed by atoms with Crippen LogP contribution in [0.3, 0.4) is 0 Å². The number of ketones is 1. The number of benzene rings is 1. The second-order valence-electron chi connectivity index (χ2n) is 7.18. The molecule has 0 aliphatic carbocycles. The quantitative estimate of drug-likeness (QED) is 0.414. The molecule has 1 fully saturated rings. The van der Waals surface area contributed by atoms with Crippen molar-refractivity contribution in [3.05, 3.63) is 58.4 Å². The summed E-state index contributed by atoms with van der Waals surface area (Å²) in [5, 5.41) is 9.48. The maximum Gasteiger partial charge on any atom is 0.406 e. The molecule has 0 bridgehead atoms. The molecule has 0 unspecified atom stereocenters. The van der Waals surface area contributed by atoms with E-state index in [-0.39, 0.29) is 16.8 Å². The minimum atomic E-state index is -4.40. The van der Waals surface area contributed by atoms with Gasteiger partial charge in [0.05, 0.1) is 13.2 Å². The van der Waals surface area contributed by atoms with Crippen LogP contribution in [-0.2, 0) is 11.3 Å². The summed E-state index contributed by atoms with van der Waals surface area (Å²) >= 11 is 0. The highest BCUT2D eigenvalue weighted by atomic mass is 19.4. The first-order chi connectivity index (χ1) is 14.2. The van der Waals surface area contributed by atoms with E-state index in [1.54, 1.807) is 0 Å². The lowest BCUT2D eigenvalue weighted by Gasteiger charge is -2.28. The Bertz CT molecular complexity index is 992. The van der Waals surface area contributed by atoms with Gasteiger partial charge in [0.25, 0.3) is 0 Å². The molecule has 8 heteroatoms. The molecule has 0 radical (unpaired) electrons. The van der Waals surface area contributed by atoms with E-state index in [2.05, 4.69) is 4.90 Å². The summed E-state index contributed by atoms with van der Waals surface area (Å²) in [5.74, 6) is -0.587. The topological polar surface area (TPSA) is 58.3 Å². The fourth-order valence-electron chi connectivity index (χ4n) is 3.52. The predicted octanol–water partition coefficient (Wildman–Crippen LogP) is 4.29. The van der Waals surface area contributed by atoms with Crippen LogP contribution >= 0.6 is 0 Å². The van der Waals surface area contributed by atoms with E-state index in [1.807, 2.05) is 30.3 Å². The minimum absolute atomic E-state index is 0.106. The number of anilines is 1. The van der Waals surface area contributed by atoms with E-state index in [0.717, 1.165) is 23.3 Å². The Morgan fingerprint density at radius 3 is 2.40 bits per heavy atom. The van der Waals surface area contributed by atoms with E-state index < -0.39 is 18.5 Å². The Morgan fingerprint density at radius 2 is 1.83 bits per heavy atom. The third-order valence-electron chi connectivity index (χ3n) is 5.10. The second kappa shape index (κ2) is 8.76. The molecule has 1 aromatic heterocycles. The molecule has 2 aromatic rings. The lowest BCUT2D eigenvalue weighted by atomic mass is 10.0. The van der Waals surface area contributed by atoms with Gasteiger partial charge in [-0.15, -0.1) is 0 Å². The highest BCUT2D eigenvalue weighted by molar-refractivity contribution is 6.14. The summed E-state index contributed by atoms with van der Waals surface area (Å²) < 4.78 is 44.8. The number of nitriles is 1. The maximum atomic E-state index is 12.8. The molecular weight excluding hydrogens is 395 g/mol. The van der Waals surface area contributed by atoms with Crippen LogP contribution in [0.15, 0.2) is 35.9 Å². The van der Waals surface area contributed by atoms with Gasteiger partial charge in [-0.25, -0.2) is 0 Å². The third-order valence-corrected chi connectivity index (χ3v) is 5.10. The molecule has 30 heavy (non-hydrogen) atoms. The van der Waals surface area contributed by atoms with Crippen molar-refractivity contribution < 1.29 is 22.7 Å². The zero-order chi connectivity index (χ0) is 21.9. The summed E-state index contributed by atoms with van der Waals surface area (Å²) in [6, 6.07) is 10.7. The van der Waals surface area contributed by atoms with E-state index in [1.165, 1.54) is 26.0 Å². The first-order valence-electron chi connectivity index (χ1n) is 9.52. The van der Waals surface area contributed by atoms with Crippen molar-refractivity contribution in [3.8, 4) is 6.07 Å². The molecular formula is C22H22F3N3O2. The first-order valence-corrected chi connectivity index (χ1v) is 9.52. The van der Waals surface area contributed by atoms with E-state index in [4.69, 9.17) is 4.74 Å². The minimum Gasteiger partial charge on any atom is -0.378 e. The number of hydrogen-bond donors (Lipinski definition) is 0. The van der Waals surface area contributed by atoms with Gasteiger partial charge in [0.2, 0.25) is 5.78 Å². The molecule has 1 aromatic carbocycles. The van der Waals surface area contributed by atoms with Gasteiger partial charge in [-0.1, -0.05) is 12.1 Å². The largest absolute Gasteiger partial charge is 0.406 e. The number of aryl methyl sites for hydroxylation is 1. The Kier molecular flexibility index (Phi) is 6.32. The Hall–Kier alpha value is -3.05. The molecule has 0 N–H and O–H groups in total. The van der Waals surface area contributed by atoms with Crippen molar-refractivity contribution in [1.29, 1.82) is 5.26 Å². The summed E-state index contributed by atoms with van der Waals surface area (Å²) in [7, 11) is 0. The van der Waals surface area contributed by atoms with Crippen molar-refractivity contribution in [3.63, 3.8) is 0 Å². The number of nitrogens with zero attached hydrogens (tertiary/aromatic N) is 3. The van der Waals surface area contributed by atoms with E-state index in [9.17, 15) is 23.2 Å². The second-order valence-corrected chi connectivity index (χ2v) is 7.18. The number of alkyl halides is 3. The average molecular weight is 417 g/mol. The number of halogens is 3. The van der Waals surface area contributed by atoms with Crippen molar-refractivity contribution in [2.24, 2.45) is 0 Å². The van der Waals surface area contributed by atoms with Crippen LogP contribution in [0.1, 0.15) is 27.3 Å². The van der Waals surface area contributed by atoms with Crippen LogP contribution in [0.5, 0.6) is 0 Å². The third kappa shape index (κ3) is 4.92. The van der Waals surface area contributed by atoms with Crippen LogP contribution in [0, 0.1) is 25.2 Å². The summed E-state index contributed by atoms with van der Waals surface area (Å²) in [6.07, 6.45) is -2.94. The number of ether oxygens (including phenoxy) is 1. The van der Waals surface area contributed by atoms with Gasteiger partial charge in [0, 0.05) is 35.7 Å². The lowest BCUT2D eigenvalue weighted by molar-refractivity contribution is -0.141. The number of hydrogen-bond acceptors (Lipinski definition) is 4. The molecule has 1 aliphatic heterocycles. The van der Waals surface area contributed by atoms with Crippen molar-refractivity contribution in [2.45, 2.75) is 26.6 Å². The van der Waals surface area contributed by atoms with Crippen LogP contribution in [0.4, 0.5) is 18.9 Å². The monoisotopic (exact) mass is 417 g/mol. The first kappa shape index (κ1) is 21.7. The van der Waals surface area contributed by atoms with Gasteiger partial charge in [-0.3, -0.25) is 4.79 Å². The van der Waals surface area contributed by atoms with Gasteiger partial charge in [0.1, 0.15) is 18.2 Å². The molecule has 1 saturated heterocycles. The molecule has 5 nitrogen and oxygen atoms in total. The number of Topliss-reactive ketones (excluding diaryl/α,β-unsaturated/α-hetero) is 1. The average Bonchev–Trinajstić information content (AvgIpc) is 2.99. The number of carbonyl (C=O) groups excluding carboxylic acids is 1. The normalized spacial score (nSPS) is 15.2. The van der Waals surface area contributed by atoms with Gasteiger partial charge in [-0.2, -0.15) is 18.4 Å². The number of allylic oxidation sites excluding steroid dienone is 1. The SMILES string of the molecule is Cc1cc(C(=O)/C(C#N)=C/c2ccc(N3CCOCC3)cc2)c(C)n1CC(F)(F)F. The molecule has 3 rings (SSSR count). The Balaban J connectivity index is 1.83. The zero-order valence-corrected chi connectivity index (χ0v) is 16.8. The highest BCUT2D eigenvalue weighted by Gasteiger charge is 2.30. The van der Waals surface area contributed by atoms with Crippen molar-refractivity contribution >= 4 is 17.5 Å². The van der Waals surface area contributed by atoms with Gasteiger partial charge in [-0.05, 0) is 43.7 Å².